The molecule has 20 heavy (non-hydrogen) atoms. The number of nitrogens with two attached hydrogens (primary N) is 1. The van der Waals surface area contributed by atoms with Crippen LogP contribution < -0.4 is 5.73 Å². The predicted molar refractivity (Wildman–Crippen MR) is 81.4 cm³/mol. The van der Waals surface area contributed by atoms with Crippen molar-refractivity contribution >= 4 is 5.91 Å². The fraction of sp³-hybridized carbons (Fsp3) is 0.562. The number of aryl methyl sites for hydroxylation is 1. The van der Waals surface area contributed by atoms with Gasteiger partial charge in [-0.15, -0.1) is 0 Å². The van der Waals surface area contributed by atoms with Gasteiger partial charge in [-0.1, -0.05) is 29.8 Å². The van der Waals surface area contributed by atoms with Gasteiger partial charge in [-0.05, 0) is 38.9 Å². The summed E-state index contributed by atoms with van der Waals surface area (Å²) in [7, 11) is 3.97. The third kappa shape index (κ3) is 3.38. The molecule has 1 saturated heterocycles. The molecule has 1 aromatic rings. The number of benzene rings is 1. The molecule has 0 bridgehead atoms. The molecule has 4 heteroatoms. The Hall–Kier alpha value is -1.39. The number of rotatable bonds is 4. The number of amides is 1. The summed E-state index contributed by atoms with van der Waals surface area (Å²) in [5.74, 6) is -0.00541. The lowest BCUT2D eigenvalue weighted by molar-refractivity contribution is -0.132. The zero-order valence-electron chi connectivity index (χ0n) is 12.7. The summed E-state index contributed by atoms with van der Waals surface area (Å²) < 4.78 is 0. The highest BCUT2D eigenvalue weighted by atomic mass is 16.2. The van der Waals surface area contributed by atoms with Gasteiger partial charge in [0.15, 0.2) is 0 Å². The molecule has 2 rings (SSSR count). The normalized spacial score (nSPS) is 20.9. The minimum atomic E-state index is -0.563. The van der Waals surface area contributed by atoms with E-state index in [0.717, 1.165) is 25.1 Å². The van der Waals surface area contributed by atoms with E-state index in [-0.39, 0.29) is 5.91 Å². The van der Waals surface area contributed by atoms with Crippen LogP contribution in [0.2, 0.25) is 0 Å². The first-order valence-corrected chi connectivity index (χ1v) is 7.26. The molecule has 0 spiro atoms. The highest BCUT2D eigenvalue weighted by molar-refractivity contribution is 5.82. The van der Waals surface area contributed by atoms with Crippen molar-refractivity contribution in [2.24, 2.45) is 5.73 Å². The second-order valence-electron chi connectivity index (χ2n) is 5.88. The first-order valence-electron chi connectivity index (χ1n) is 7.26. The van der Waals surface area contributed by atoms with E-state index in [0.29, 0.717) is 6.04 Å². The Labute approximate surface area is 121 Å². The fourth-order valence-electron chi connectivity index (χ4n) is 2.77. The number of carbonyl (C=O) groups excluding carboxylic acids is 1. The zero-order valence-corrected chi connectivity index (χ0v) is 12.7. The highest BCUT2D eigenvalue weighted by Crippen LogP contribution is 2.18. The number of hydrogen-bond acceptors (Lipinski definition) is 3. The summed E-state index contributed by atoms with van der Waals surface area (Å²) in [4.78, 5) is 16.5. The van der Waals surface area contributed by atoms with Gasteiger partial charge in [0.05, 0.1) is 0 Å². The number of likely N-dealkylation sites (tertiary alicyclic amines) is 1. The molecule has 110 valence electrons. The van der Waals surface area contributed by atoms with Crippen molar-refractivity contribution in [3.8, 4) is 0 Å². The second kappa shape index (κ2) is 6.37. The number of carbonyl (C=O) groups is 1. The second-order valence-corrected chi connectivity index (χ2v) is 5.88. The zero-order chi connectivity index (χ0) is 14.7. The van der Waals surface area contributed by atoms with Crippen LogP contribution in [0.1, 0.15) is 30.0 Å². The molecule has 1 aliphatic rings. The van der Waals surface area contributed by atoms with Crippen molar-refractivity contribution in [2.75, 3.05) is 27.2 Å². The van der Waals surface area contributed by atoms with Crippen LogP contribution in [0.15, 0.2) is 24.3 Å². The van der Waals surface area contributed by atoms with E-state index in [1.54, 1.807) is 4.90 Å². The summed E-state index contributed by atoms with van der Waals surface area (Å²) in [6.07, 6.45) is 2.38. The SMILES string of the molecule is Cc1ccc(C(N)C(=O)N(C)CC2CCCN2C)cc1. The molecule has 2 atom stereocenters. The van der Waals surface area contributed by atoms with E-state index < -0.39 is 6.04 Å². The third-order valence-corrected chi connectivity index (χ3v) is 4.23. The van der Waals surface area contributed by atoms with E-state index in [1.165, 1.54) is 12.0 Å². The molecule has 1 fully saturated rings. The van der Waals surface area contributed by atoms with Gasteiger partial charge in [0.25, 0.3) is 0 Å². The first kappa shape index (κ1) is 15.0. The third-order valence-electron chi connectivity index (χ3n) is 4.23. The van der Waals surface area contributed by atoms with Gasteiger partial charge >= 0.3 is 0 Å². The van der Waals surface area contributed by atoms with Gasteiger partial charge in [-0.25, -0.2) is 0 Å². The summed E-state index contributed by atoms with van der Waals surface area (Å²) >= 11 is 0. The average molecular weight is 275 g/mol. The largest absolute Gasteiger partial charge is 0.343 e. The van der Waals surface area contributed by atoms with Crippen LogP contribution >= 0.6 is 0 Å². The summed E-state index contributed by atoms with van der Waals surface area (Å²) in [5, 5.41) is 0. The Morgan fingerprint density at radius 2 is 2.10 bits per heavy atom. The standard InChI is InChI=1S/C16H25N3O/c1-12-6-8-13(9-7-12)15(17)16(20)19(3)11-14-5-4-10-18(14)2/h6-9,14-15H,4-5,10-11,17H2,1-3H3. The molecule has 1 aromatic carbocycles. The van der Waals surface area contributed by atoms with Crippen molar-refractivity contribution in [1.82, 2.24) is 9.80 Å². The van der Waals surface area contributed by atoms with Crippen molar-refractivity contribution in [1.29, 1.82) is 0 Å². The monoisotopic (exact) mass is 275 g/mol. The Morgan fingerprint density at radius 3 is 2.65 bits per heavy atom. The van der Waals surface area contributed by atoms with Crippen molar-refractivity contribution in [2.45, 2.75) is 31.8 Å². The molecule has 4 nitrogen and oxygen atoms in total. The van der Waals surface area contributed by atoms with E-state index in [2.05, 4.69) is 11.9 Å². The van der Waals surface area contributed by atoms with Crippen LogP contribution in [0, 0.1) is 6.92 Å². The molecule has 1 aliphatic heterocycles. The maximum atomic E-state index is 12.4. The van der Waals surface area contributed by atoms with Gasteiger partial charge in [0.1, 0.15) is 6.04 Å². The maximum absolute atomic E-state index is 12.4. The van der Waals surface area contributed by atoms with Crippen LogP contribution in [0.25, 0.3) is 0 Å². The molecule has 0 radical (unpaired) electrons. The number of likely N-dealkylation sites (N-methyl/N-ethyl adjacent to an activating group) is 2. The molecule has 0 aromatic heterocycles. The Bertz CT molecular complexity index is 457. The molecule has 2 unspecified atom stereocenters. The summed E-state index contributed by atoms with van der Waals surface area (Å²) in [6, 6.07) is 7.77. The molecule has 0 aliphatic carbocycles. The fourth-order valence-corrected chi connectivity index (χ4v) is 2.77. The van der Waals surface area contributed by atoms with Crippen LogP contribution in [0.3, 0.4) is 0 Å². The van der Waals surface area contributed by atoms with Crippen molar-refractivity contribution < 1.29 is 4.79 Å². The molecular weight excluding hydrogens is 250 g/mol. The maximum Gasteiger partial charge on any atom is 0.243 e. The smallest absolute Gasteiger partial charge is 0.243 e. The minimum absolute atomic E-state index is 0.00541. The van der Waals surface area contributed by atoms with E-state index >= 15 is 0 Å². The minimum Gasteiger partial charge on any atom is -0.343 e. The van der Waals surface area contributed by atoms with Gasteiger partial charge in [-0.2, -0.15) is 0 Å². The lowest BCUT2D eigenvalue weighted by Gasteiger charge is -2.27. The quantitative estimate of drug-likeness (QED) is 0.907. The van der Waals surface area contributed by atoms with Gasteiger partial charge in [0.2, 0.25) is 5.91 Å². The molecule has 1 heterocycles. The lowest BCUT2D eigenvalue weighted by Crippen LogP contribution is -2.43. The average Bonchev–Trinajstić information content (AvgIpc) is 2.83. The summed E-state index contributed by atoms with van der Waals surface area (Å²) in [6.45, 7) is 3.91. The van der Waals surface area contributed by atoms with E-state index in [4.69, 9.17) is 5.73 Å². The van der Waals surface area contributed by atoms with Crippen molar-refractivity contribution in [3.05, 3.63) is 35.4 Å². The molecule has 0 saturated carbocycles. The van der Waals surface area contributed by atoms with Gasteiger partial charge < -0.3 is 15.5 Å². The van der Waals surface area contributed by atoms with Crippen LogP contribution in [0.5, 0.6) is 0 Å². The van der Waals surface area contributed by atoms with Gasteiger partial charge in [-0.3, -0.25) is 4.79 Å². The van der Waals surface area contributed by atoms with Gasteiger partial charge in [0, 0.05) is 19.6 Å². The van der Waals surface area contributed by atoms with Crippen LogP contribution in [-0.2, 0) is 4.79 Å². The van der Waals surface area contributed by atoms with Crippen LogP contribution in [0.4, 0.5) is 0 Å². The predicted octanol–water partition coefficient (Wildman–Crippen LogP) is 1.55. The highest BCUT2D eigenvalue weighted by Gasteiger charge is 2.26. The van der Waals surface area contributed by atoms with E-state index in [9.17, 15) is 4.79 Å². The number of hydrogen-bond donors (Lipinski definition) is 1. The topological polar surface area (TPSA) is 49.6 Å². The van der Waals surface area contributed by atoms with Crippen LogP contribution in [-0.4, -0.2) is 48.9 Å². The Kier molecular flexibility index (Phi) is 4.78. The Morgan fingerprint density at radius 1 is 1.45 bits per heavy atom. The van der Waals surface area contributed by atoms with Crippen molar-refractivity contribution in [3.63, 3.8) is 0 Å². The lowest BCUT2D eigenvalue weighted by atomic mass is 10.0. The first-order chi connectivity index (χ1) is 9.49. The van der Waals surface area contributed by atoms with E-state index in [1.807, 2.05) is 38.2 Å². The Balaban J connectivity index is 1.97. The molecule has 1 amide bonds. The summed E-state index contributed by atoms with van der Waals surface area (Å²) in [5.41, 5.74) is 8.15. The number of nitrogens with zero attached hydrogens (tertiary/aromatic N) is 2. The molecular formula is C16H25N3O. The molecule has 2 N–H and O–H groups in total.